The Morgan fingerprint density at radius 1 is 1.47 bits per heavy atom. The highest BCUT2D eigenvalue weighted by atomic mass is 19.1. The minimum absolute atomic E-state index is 0.170. The van der Waals surface area contributed by atoms with Crippen LogP contribution in [0.5, 0.6) is 0 Å². The lowest BCUT2D eigenvalue weighted by Crippen LogP contribution is -2.40. The van der Waals surface area contributed by atoms with Gasteiger partial charge in [0, 0.05) is 6.20 Å². The lowest BCUT2D eigenvalue weighted by atomic mass is 10.2. The number of halogens is 1. The fourth-order valence-corrected chi connectivity index (χ4v) is 0.928. The molecule has 0 unspecified atom stereocenters. The van der Waals surface area contributed by atoms with Crippen LogP contribution >= 0.6 is 0 Å². The van der Waals surface area contributed by atoms with Crippen molar-refractivity contribution in [3.63, 3.8) is 0 Å². The van der Waals surface area contributed by atoms with E-state index < -0.39 is 17.9 Å². The molecule has 1 aromatic rings. The minimum Gasteiger partial charge on any atom is -0.394 e. The predicted molar refractivity (Wildman–Crippen MR) is 49.6 cm³/mol. The first-order valence-electron chi connectivity index (χ1n) is 4.31. The van der Waals surface area contributed by atoms with Gasteiger partial charge < -0.3 is 15.5 Å². The molecule has 0 aromatic carbocycles. The zero-order valence-corrected chi connectivity index (χ0v) is 7.85. The maximum absolute atomic E-state index is 12.4. The van der Waals surface area contributed by atoms with Gasteiger partial charge in [0.2, 0.25) is 5.95 Å². The molecule has 6 heteroatoms. The Bertz CT molecular complexity index is 325. The van der Waals surface area contributed by atoms with Gasteiger partial charge in [-0.2, -0.15) is 4.39 Å². The zero-order valence-electron chi connectivity index (χ0n) is 7.85. The first kappa shape index (κ1) is 11.5. The lowest BCUT2D eigenvalue weighted by molar-refractivity contribution is 0.0879. The number of amides is 1. The Morgan fingerprint density at radius 3 is 2.60 bits per heavy atom. The van der Waals surface area contributed by atoms with Crippen LogP contribution in [-0.2, 0) is 0 Å². The number of hydrogen-bond acceptors (Lipinski definition) is 4. The van der Waals surface area contributed by atoms with Crippen LogP contribution in [0.4, 0.5) is 4.39 Å². The van der Waals surface area contributed by atoms with Crippen molar-refractivity contribution < 1.29 is 19.4 Å². The van der Waals surface area contributed by atoms with Crippen LogP contribution in [0, 0.1) is 5.95 Å². The third-order valence-electron chi connectivity index (χ3n) is 1.77. The van der Waals surface area contributed by atoms with E-state index in [-0.39, 0.29) is 18.8 Å². The molecule has 0 spiro atoms. The molecule has 15 heavy (non-hydrogen) atoms. The number of aromatic nitrogens is 1. The van der Waals surface area contributed by atoms with Gasteiger partial charge in [0.15, 0.2) is 0 Å². The van der Waals surface area contributed by atoms with Crippen LogP contribution in [0.25, 0.3) is 0 Å². The number of aliphatic hydroxyl groups is 2. The van der Waals surface area contributed by atoms with Crippen LogP contribution in [-0.4, -0.2) is 40.4 Å². The summed E-state index contributed by atoms with van der Waals surface area (Å²) < 4.78 is 12.4. The Balaban J connectivity index is 2.64. The van der Waals surface area contributed by atoms with Gasteiger partial charge in [0.25, 0.3) is 5.91 Å². The SMILES string of the molecule is O=C(NC(CO)CO)c1ccc(F)nc1. The number of nitrogens with zero attached hydrogens (tertiary/aromatic N) is 1. The maximum atomic E-state index is 12.4. The van der Waals surface area contributed by atoms with Gasteiger partial charge in [-0.3, -0.25) is 4.79 Å². The zero-order chi connectivity index (χ0) is 11.3. The highest BCUT2D eigenvalue weighted by Crippen LogP contribution is 1.99. The van der Waals surface area contributed by atoms with Crippen LogP contribution in [0.15, 0.2) is 18.3 Å². The highest BCUT2D eigenvalue weighted by molar-refractivity contribution is 5.94. The summed E-state index contributed by atoms with van der Waals surface area (Å²) in [7, 11) is 0. The summed E-state index contributed by atoms with van der Waals surface area (Å²) in [5.41, 5.74) is 0.170. The van der Waals surface area contributed by atoms with Crippen molar-refractivity contribution in [2.45, 2.75) is 6.04 Å². The van der Waals surface area contributed by atoms with Crippen LogP contribution in [0.3, 0.4) is 0 Å². The second-order valence-electron chi connectivity index (χ2n) is 2.91. The fourth-order valence-electron chi connectivity index (χ4n) is 0.928. The smallest absolute Gasteiger partial charge is 0.253 e. The second-order valence-corrected chi connectivity index (χ2v) is 2.91. The van der Waals surface area contributed by atoms with Crippen molar-refractivity contribution in [2.75, 3.05) is 13.2 Å². The van der Waals surface area contributed by atoms with E-state index in [1.807, 2.05) is 0 Å². The molecule has 1 amide bonds. The molecule has 3 N–H and O–H groups in total. The van der Waals surface area contributed by atoms with Gasteiger partial charge in [0.05, 0.1) is 24.8 Å². The Hall–Kier alpha value is -1.53. The van der Waals surface area contributed by atoms with Crippen molar-refractivity contribution in [3.8, 4) is 0 Å². The van der Waals surface area contributed by atoms with Gasteiger partial charge >= 0.3 is 0 Å². The van der Waals surface area contributed by atoms with E-state index in [0.29, 0.717) is 0 Å². The summed E-state index contributed by atoms with van der Waals surface area (Å²) in [6, 6.07) is 1.60. The molecule has 0 aliphatic carbocycles. The fraction of sp³-hybridized carbons (Fsp3) is 0.333. The number of carbonyl (C=O) groups is 1. The minimum atomic E-state index is -0.720. The van der Waals surface area contributed by atoms with E-state index in [2.05, 4.69) is 10.3 Å². The standard InChI is InChI=1S/C9H11FN2O3/c10-8-2-1-6(3-11-8)9(15)12-7(4-13)5-14/h1-3,7,13-14H,4-5H2,(H,12,15). The van der Waals surface area contributed by atoms with Gasteiger partial charge in [0.1, 0.15) is 0 Å². The average molecular weight is 214 g/mol. The number of rotatable bonds is 4. The van der Waals surface area contributed by atoms with Crippen molar-refractivity contribution in [1.82, 2.24) is 10.3 Å². The molecule has 0 aliphatic heterocycles. The van der Waals surface area contributed by atoms with E-state index in [4.69, 9.17) is 10.2 Å². The van der Waals surface area contributed by atoms with Gasteiger partial charge in [-0.25, -0.2) is 4.98 Å². The molecule has 0 saturated carbocycles. The number of aliphatic hydroxyl groups excluding tert-OH is 2. The maximum Gasteiger partial charge on any atom is 0.253 e. The Labute approximate surface area is 85.6 Å². The number of nitrogens with one attached hydrogen (secondary N) is 1. The van der Waals surface area contributed by atoms with Crippen molar-refractivity contribution >= 4 is 5.91 Å². The third kappa shape index (κ3) is 3.26. The predicted octanol–water partition coefficient (Wildman–Crippen LogP) is -0.696. The molecule has 0 aliphatic rings. The molecule has 1 rings (SSSR count). The second kappa shape index (κ2) is 5.38. The Kier molecular flexibility index (Phi) is 4.14. The van der Waals surface area contributed by atoms with Crippen LogP contribution in [0.1, 0.15) is 10.4 Å². The number of pyridine rings is 1. The summed E-state index contributed by atoms with van der Waals surface area (Å²) in [6.45, 7) is -0.728. The van der Waals surface area contributed by atoms with E-state index in [0.717, 1.165) is 12.3 Å². The molecule has 0 radical (unpaired) electrons. The molecule has 0 saturated heterocycles. The van der Waals surface area contributed by atoms with E-state index in [1.165, 1.54) is 6.07 Å². The summed E-state index contributed by atoms with van der Waals surface area (Å²) in [4.78, 5) is 14.7. The largest absolute Gasteiger partial charge is 0.394 e. The highest BCUT2D eigenvalue weighted by Gasteiger charge is 2.11. The quantitative estimate of drug-likeness (QED) is 0.579. The molecule has 5 nitrogen and oxygen atoms in total. The topological polar surface area (TPSA) is 82.5 Å². The average Bonchev–Trinajstić information content (AvgIpc) is 2.26. The number of carbonyl (C=O) groups excluding carboxylic acids is 1. The van der Waals surface area contributed by atoms with Crippen molar-refractivity contribution in [2.24, 2.45) is 0 Å². The van der Waals surface area contributed by atoms with E-state index in [9.17, 15) is 9.18 Å². The molecule has 0 bridgehead atoms. The summed E-state index contributed by atoms with van der Waals surface area (Å²) in [6.07, 6.45) is 1.08. The van der Waals surface area contributed by atoms with Crippen molar-refractivity contribution in [1.29, 1.82) is 0 Å². The van der Waals surface area contributed by atoms with E-state index in [1.54, 1.807) is 0 Å². The van der Waals surface area contributed by atoms with E-state index >= 15 is 0 Å². The molecular formula is C9H11FN2O3. The Morgan fingerprint density at radius 2 is 2.13 bits per heavy atom. The van der Waals surface area contributed by atoms with Gasteiger partial charge in [-0.1, -0.05) is 0 Å². The van der Waals surface area contributed by atoms with Gasteiger partial charge in [-0.05, 0) is 12.1 Å². The van der Waals surface area contributed by atoms with Gasteiger partial charge in [-0.15, -0.1) is 0 Å². The first-order chi connectivity index (χ1) is 7.17. The molecule has 0 atom stereocenters. The first-order valence-corrected chi connectivity index (χ1v) is 4.31. The summed E-state index contributed by atoms with van der Waals surface area (Å²) in [5.74, 6) is -1.19. The molecule has 1 heterocycles. The van der Waals surface area contributed by atoms with Crippen LogP contribution in [0.2, 0.25) is 0 Å². The van der Waals surface area contributed by atoms with Crippen molar-refractivity contribution in [3.05, 3.63) is 29.8 Å². The summed E-state index contributed by atoms with van der Waals surface area (Å²) >= 11 is 0. The monoisotopic (exact) mass is 214 g/mol. The normalized spacial score (nSPS) is 10.4. The molecule has 1 aromatic heterocycles. The number of hydrogen-bond donors (Lipinski definition) is 3. The third-order valence-corrected chi connectivity index (χ3v) is 1.77. The lowest BCUT2D eigenvalue weighted by Gasteiger charge is -2.12. The molecule has 0 fully saturated rings. The summed E-state index contributed by atoms with van der Waals surface area (Å²) in [5, 5.41) is 19.8. The molecule has 82 valence electrons. The van der Waals surface area contributed by atoms with Crippen LogP contribution < -0.4 is 5.32 Å². The molecular weight excluding hydrogens is 203 g/mol.